The summed E-state index contributed by atoms with van der Waals surface area (Å²) in [6, 6.07) is 14.6. The summed E-state index contributed by atoms with van der Waals surface area (Å²) in [6.45, 7) is -0.290. The molecule has 1 heterocycles. The summed E-state index contributed by atoms with van der Waals surface area (Å²) in [4.78, 5) is 11.9. The number of amides is 1. The molecule has 1 amide bonds. The van der Waals surface area contributed by atoms with Crippen LogP contribution >= 0.6 is 50.7 Å². The van der Waals surface area contributed by atoms with Crippen molar-refractivity contribution >= 4 is 62.9 Å². The molecule has 0 atom stereocenters. The second-order valence-corrected chi connectivity index (χ2v) is 7.70. The minimum Gasteiger partial charge on any atom is -0.482 e. The highest BCUT2D eigenvalue weighted by molar-refractivity contribution is 9.10. The van der Waals surface area contributed by atoms with Crippen molar-refractivity contribution in [1.82, 2.24) is 9.99 Å². The first-order chi connectivity index (χ1) is 13.4. The fourth-order valence-corrected chi connectivity index (χ4v) is 3.22. The predicted molar refractivity (Wildman–Crippen MR) is 116 cm³/mol. The van der Waals surface area contributed by atoms with E-state index < -0.39 is 5.91 Å². The first kappa shape index (κ1) is 20.7. The van der Waals surface area contributed by atoms with Gasteiger partial charge in [-0.1, -0.05) is 50.7 Å². The largest absolute Gasteiger partial charge is 0.482 e. The minimum atomic E-state index is -0.454. The van der Waals surface area contributed by atoms with E-state index in [4.69, 9.17) is 39.5 Å². The smallest absolute Gasteiger partial charge is 0.277 e. The summed E-state index contributed by atoms with van der Waals surface area (Å²) in [5.41, 5.74) is 4.17. The van der Waals surface area contributed by atoms with Crippen LogP contribution in [-0.4, -0.2) is 23.3 Å². The standard InChI is InChI=1S/C19H13BrCl3N3O2/c20-12-3-5-14(6-4-12)26-7-1-2-15(26)10-24-25-18(27)11-28-17-9-13(21)8-16(22)19(17)23/h1-10H,11H2,(H,25,27)/b24-10-. The van der Waals surface area contributed by atoms with Crippen molar-refractivity contribution in [2.45, 2.75) is 0 Å². The van der Waals surface area contributed by atoms with Crippen LogP contribution in [0, 0.1) is 0 Å². The van der Waals surface area contributed by atoms with E-state index >= 15 is 0 Å². The van der Waals surface area contributed by atoms with Crippen LogP contribution in [0.5, 0.6) is 5.75 Å². The second-order valence-electron chi connectivity index (χ2n) is 5.56. The van der Waals surface area contributed by atoms with Crippen molar-refractivity contribution in [2.24, 2.45) is 5.10 Å². The highest BCUT2D eigenvalue weighted by Gasteiger charge is 2.10. The number of ether oxygens (including phenoxy) is 1. The number of hydrazone groups is 1. The lowest BCUT2D eigenvalue weighted by Crippen LogP contribution is -2.24. The molecule has 144 valence electrons. The van der Waals surface area contributed by atoms with Crippen molar-refractivity contribution in [3.05, 3.63) is 80.0 Å². The Balaban J connectivity index is 1.59. The van der Waals surface area contributed by atoms with Crippen molar-refractivity contribution in [3.8, 4) is 11.4 Å². The maximum absolute atomic E-state index is 11.9. The molecular weight excluding hydrogens is 488 g/mol. The SMILES string of the molecule is O=C(COc1cc(Cl)cc(Cl)c1Cl)N/N=C\c1cccn1-c1ccc(Br)cc1. The van der Waals surface area contributed by atoms with Gasteiger partial charge in [0, 0.05) is 27.4 Å². The lowest BCUT2D eigenvalue weighted by molar-refractivity contribution is -0.123. The van der Waals surface area contributed by atoms with Crippen molar-refractivity contribution in [2.75, 3.05) is 6.61 Å². The Kier molecular flexibility index (Phi) is 7.02. The van der Waals surface area contributed by atoms with Gasteiger partial charge in [0.25, 0.3) is 5.91 Å². The van der Waals surface area contributed by atoms with Gasteiger partial charge in [-0.3, -0.25) is 4.79 Å². The zero-order chi connectivity index (χ0) is 20.1. The second kappa shape index (κ2) is 9.47. The van der Waals surface area contributed by atoms with E-state index in [0.717, 1.165) is 15.9 Å². The fourth-order valence-electron chi connectivity index (χ4n) is 2.32. The third kappa shape index (κ3) is 5.29. The summed E-state index contributed by atoms with van der Waals surface area (Å²) in [5, 5.41) is 4.76. The molecule has 0 aliphatic heterocycles. The molecule has 0 bridgehead atoms. The number of benzene rings is 2. The molecule has 2 aromatic carbocycles. The molecule has 3 aromatic rings. The predicted octanol–water partition coefficient (Wildman–Crippen LogP) is 5.73. The zero-order valence-corrected chi connectivity index (χ0v) is 18.1. The lowest BCUT2D eigenvalue weighted by atomic mass is 10.3. The number of hydrogen-bond donors (Lipinski definition) is 1. The quantitative estimate of drug-likeness (QED) is 0.267. The Labute approximate surface area is 185 Å². The molecule has 0 unspecified atom stereocenters. The van der Waals surface area contributed by atoms with E-state index in [9.17, 15) is 4.79 Å². The molecule has 0 radical (unpaired) electrons. The summed E-state index contributed by atoms with van der Waals surface area (Å²) < 4.78 is 8.29. The molecule has 0 fully saturated rings. The van der Waals surface area contributed by atoms with E-state index in [0.29, 0.717) is 5.02 Å². The normalized spacial score (nSPS) is 11.0. The molecule has 1 aromatic heterocycles. The van der Waals surface area contributed by atoms with E-state index in [1.807, 2.05) is 47.2 Å². The van der Waals surface area contributed by atoms with Crippen molar-refractivity contribution in [1.29, 1.82) is 0 Å². The van der Waals surface area contributed by atoms with Gasteiger partial charge in [-0.2, -0.15) is 5.10 Å². The van der Waals surface area contributed by atoms with Crippen LogP contribution in [0.1, 0.15) is 5.69 Å². The Morgan fingerprint density at radius 3 is 2.68 bits per heavy atom. The number of hydrogen-bond acceptors (Lipinski definition) is 3. The van der Waals surface area contributed by atoms with Crippen LogP contribution in [0.4, 0.5) is 0 Å². The average molecular weight is 502 g/mol. The Morgan fingerprint density at radius 2 is 1.93 bits per heavy atom. The van der Waals surface area contributed by atoms with Gasteiger partial charge in [-0.25, -0.2) is 5.43 Å². The number of nitrogens with one attached hydrogen (secondary N) is 1. The lowest BCUT2D eigenvalue weighted by Gasteiger charge is -2.09. The number of nitrogens with zero attached hydrogens (tertiary/aromatic N) is 2. The summed E-state index contributed by atoms with van der Waals surface area (Å²) in [7, 11) is 0. The molecule has 3 rings (SSSR count). The third-order valence-corrected chi connectivity index (χ3v) is 5.12. The maximum Gasteiger partial charge on any atom is 0.277 e. The highest BCUT2D eigenvalue weighted by Crippen LogP contribution is 2.35. The van der Waals surface area contributed by atoms with Gasteiger partial charge in [0.15, 0.2) is 6.61 Å². The van der Waals surface area contributed by atoms with Crippen molar-refractivity contribution in [3.63, 3.8) is 0 Å². The maximum atomic E-state index is 11.9. The van der Waals surface area contributed by atoms with Crippen LogP contribution in [0.3, 0.4) is 0 Å². The van der Waals surface area contributed by atoms with Gasteiger partial charge < -0.3 is 9.30 Å². The topological polar surface area (TPSA) is 55.6 Å². The number of carbonyl (C=O) groups is 1. The van der Waals surface area contributed by atoms with Gasteiger partial charge in [-0.05, 0) is 42.5 Å². The summed E-state index contributed by atoms with van der Waals surface area (Å²) in [6.07, 6.45) is 3.45. The number of rotatable bonds is 6. The molecule has 0 saturated carbocycles. The summed E-state index contributed by atoms with van der Waals surface area (Å²) >= 11 is 21.3. The van der Waals surface area contributed by atoms with Gasteiger partial charge in [-0.15, -0.1) is 0 Å². The number of halogens is 4. The fraction of sp³-hybridized carbons (Fsp3) is 0.0526. The van der Waals surface area contributed by atoms with E-state index in [2.05, 4.69) is 26.5 Å². The average Bonchev–Trinajstić information content (AvgIpc) is 3.12. The molecule has 5 nitrogen and oxygen atoms in total. The van der Waals surface area contributed by atoms with Crippen LogP contribution in [0.2, 0.25) is 15.1 Å². The molecule has 0 spiro atoms. The van der Waals surface area contributed by atoms with E-state index in [-0.39, 0.29) is 22.4 Å². The number of aromatic nitrogens is 1. The Hall–Kier alpha value is -1.99. The first-order valence-electron chi connectivity index (χ1n) is 7.96. The third-order valence-electron chi connectivity index (χ3n) is 3.59. The Morgan fingerprint density at radius 1 is 1.18 bits per heavy atom. The molecule has 0 aliphatic rings. The van der Waals surface area contributed by atoms with Crippen LogP contribution in [0.25, 0.3) is 5.69 Å². The zero-order valence-electron chi connectivity index (χ0n) is 14.2. The van der Waals surface area contributed by atoms with Gasteiger partial charge in [0.2, 0.25) is 0 Å². The van der Waals surface area contributed by atoms with Crippen LogP contribution in [-0.2, 0) is 4.79 Å². The van der Waals surface area contributed by atoms with E-state index in [1.54, 1.807) is 6.21 Å². The first-order valence-corrected chi connectivity index (χ1v) is 9.89. The van der Waals surface area contributed by atoms with Crippen LogP contribution in [0.15, 0.2) is 64.3 Å². The monoisotopic (exact) mass is 499 g/mol. The van der Waals surface area contributed by atoms with Crippen molar-refractivity contribution < 1.29 is 9.53 Å². The molecular formula is C19H13BrCl3N3O2. The summed E-state index contributed by atoms with van der Waals surface area (Å²) in [5.74, 6) is -0.229. The van der Waals surface area contributed by atoms with E-state index in [1.165, 1.54) is 12.1 Å². The van der Waals surface area contributed by atoms with Gasteiger partial charge in [0.1, 0.15) is 10.8 Å². The molecule has 9 heteroatoms. The molecule has 28 heavy (non-hydrogen) atoms. The number of carbonyl (C=O) groups excluding carboxylic acids is 1. The molecule has 0 saturated heterocycles. The van der Waals surface area contributed by atoms with Gasteiger partial charge in [0.05, 0.1) is 16.9 Å². The molecule has 0 aliphatic carbocycles. The molecule has 1 N–H and O–H groups in total. The van der Waals surface area contributed by atoms with Crippen LogP contribution < -0.4 is 10.2 Å². The Bertz CT molecular complexity index is 1020. The minimum absolute atomic E-state index is 0.190. The van der Waals surface area contributed by atoms with Gasteiger partial charge >= 0.3 is 0 Å². The highest BCUT2D eigenvalue weighted by atomic mass is 79.9.